The minimum atomic E-state index is -4.11. The summed E-state index contributed by atoms with van der Waals surface area (Å²) in [6, 6.07) is 13.8. The molecule has 0 aliphatic rings. The topological polar surface area (TPSA) is 114 Å². The first-order chi connectivity index (χ1) is 15.9. The molecule has 0 saturated heterocycles. The Morgan fingerprint density at radius 3 is 1.85 bits per heavy atom. The molecule has 2 aromatic carbocycles. The lowest BCUT2D eigenvalue weighted by Crippen LogP contribution is -2.51. The van der Waals surface area contributed by atoms with Gasteiger partial charge in [0, 0.05) is 18.5 Å². The van der Waals surface area contributed by atoms with Gasteiger partial charge in [0.1, 0.15) is 11.5 Å². The smallest absolute Gasteiger partial charge is 0.265 e. The molecule has 0 spiro atoms. The van der Waals surface area contributed by atoms with Gasteiger partial charge in [-0.2, -0.15) is 0 Å². The number of amides is 1. The van der Waals surface area contributed by atoms with Crippen LogP contribution in [-0.4, -0.2) is 50.1 Å². The summed E-state index contributed by atoms with van der Waals surface area (Å²) < 4.78 is 34.9. The number of nitrogens with one attached hydrogen (secondary N) is 2. The van der Waals surface area contributed by atoms with Gasteiger partial charge in [-0.15, -0.1) is 0 Å². The van der Waals surface area contributed by atoms with E-state index in [1.165, 1.54) is 43.8 Å². The Bertz CT molecular complexity index is 983. The molecule has 0 bridgehead atoms. The molecular formula is C25H38N2O6S. The van der Waals surface area contributed by atoms with E-state index in [2.05, 4.69) is 33.0 Å². The second-order valence-corrected chi connectivity index (χ2v) is 11.0. The molecule has 190 valence electrons. The lowest BCUT2D eigenvalue weighted by atomic mass is 9.99. The fraction of sp³-hybridized carbons (Fsp3) is 0.480. The van der Waals surface area contributed by atoms with E-state index in [9.17, 15) is 13.2 Å². The minimum absolute atomic E-state index is 0.0414. The summed E-state index contributed by atoms with van der Waals surface area (Å²) in [6.07, 6.45) is -0.125. The van der Waals surface area contributed by atoms with Crippen molar-refractivity contribution < 1.29 is 27.9 Å². The molecule has 1 unspecified atom stereocenters. The number of hydroxylamine groups is 1. The fourth-order valence-corrected chi connectivity index (χ4v) is 5.02. The molecule has 0 aromatic heterocycles. The van der Waals surface area contributed by atoms with Gasteiger partial charge in [0.05, 0.1) is 18.6 Å². The van der Waals surface area contributed by atoms with E-state index >= 15 is 0 Å². The van der Waals surface area contributed by atoms with Gasteiger partial charge in [0.25, 0.3) is 5.91 Å². The molecule has 0 aliphatic heterocycles. The van der Waals surface area contributed by atoms with Crippen LogP contribution < -0.4 is 20.3 Å². The molecule has 3 N–H and O–H groups in total. The van der Waals surface area contributed by atoms with Crippen LogP contribution >= 0.6 is 0 Å². The van der Waals surface area contributed by atoms with Crippen molar-refractivity contribution in [1.82, 2.24) is 10.8 Å². The predicted octanol–water partition coefficient (Wildman–Crippen LogP) is 3.77. The lowest BCUT2D eigenvalue weighted by Gasteiger charge is -2.27. The van der Waals surface area contributed by atoms with Gasteiger partial charge in [0.2, 0.25) is 0 Å². The summed E-state index contributed by atoms with van der Waals surface area (Å²) in [4.78, 5) is 12.3. The Kier molecular flexibility index (Phi) is 11.5. The number of carbonyl (C=O) groups excluding carboxylic acids is 1. The molecule has 0 fully saturated rings. The van der Waals surface area contributed by atoms with Gasteiger partial charge in [-0.05, 0) is 55.8 Å². The van der Waals surface area contributed by atoms with Crippen molar-refractivity contribution in [2.24, 2.45) is 0 Å². The summed E-state index contributed by atoms with van der Waals surface area (Å²) in [5, 5.41) is 12.5. The Morgan fingerprint density at radius 1 is 0.971 bits per heavy atom. The Labute approximate surface area is 203 Å². The molecule has 0 radical (unpaired) electrons. The molecule has 8 nitrogen and oxygen atoms in total. The van der Waals surface area contributed by atoms with Crippen molar-refractivity contribution in [1.29, 1.82) is 0 Å². The van der Waals surface area contributed by atoms with E-state index in [1.54, 1.807) is 24.3 Å². The SMILES string of the molecule is CC(C)NC(C)C.CCOc1ccc(CC(C)(C(=O)NO)S(=O)(=O)c2ccc(OC)cc2)cc1. The molecular weight excluding hydrogens is 456 g/mol. The summed E-state index contributed by atoms with van der Waals surface area (Å²) in [5.41, 5.74) is 2.10. The summed E-state index contributed by atoms with van der Waals surface area (Å²) in [7, 11) is -2.64. The van der Waals surface area contributed by atoms with E-state index in [4.69, 9.17) is 14.7 Å². The van der Waals surface area contributed by atoms with Crippen LogP contribution in [0.4, 0.5) is 0 Å². The highest BCUT2D eigenvalue weighted by atomic mass is 32.2. The van der Waals surface area contributed by atoms with Crippen molar-refractivity contribution in [2.45, 2.75) is 69.7 Å². The second kappa shape index (κ2) is 13.3. The average molecular weight is 495 g/mol. The van der Waals surface area contributed by atoms with Crippen LogP contribution in [0.5, 0.6) is 11.5 Å². The number of ether oxygens (including phenoxy) is 2. The molecule has 0 heterocycles. The van der Waals surface area contributed by atoms with Gasteiger partial charge >= 0.3 is 0 Å². The lowest BCUT2D eigenvalue weighted by molar-refractivity contribution is -0.131. The third-order valence-electron chi connectivity index (χ3n) is 4.99. The third-order valence-corrected chi connectivity index (χ3v) is 7.40. The van der Waals surface area contributed by atoms with E-state index in [0.717, 1.165) is 0 Å². The van der Waals surface area contributed by atoms with E-state index in [0.29, 0.717) is 35.8 Å². The quantitative estimate of drug-likeness (QED) is 0.340. The number of hydrogen-bond donors (Lipinski definition) is 3. The summed E-state index contributed by atoms with van der Waals surface area (Å²) >= 11 is 0. The van der Waals surface area contributed by atoms with Crippen molar-refractivity contribution in [3.05, 3.63) is 54.1 Å². The van der Waals surface area contributed by atoms with Crippen molar-refractivity contribution >= 4 is 15.7 Å². The fourth-order valence-electron chi connectivity index (χ4n) is 3.36. The second-order valence-electron chi connectivity index (χ2n) is 8.58. The van der Waals surface area contributed by atoms with Gasteiger partial charge < -0.3 is 14.8 Å². The molecule has 9 heteroatoms. The van der Waals surface area contributed by atoms with Gasteiger partial charge in [-0.3, -0.25) is 10.0 Å². The maximum absolute atomic E-state index is 13.2. The number of rotatable bonds is 10. The molecule has 0 saturated carbocycles. The first kappa shape index (κ1) is 29.4. The maximum Gasteiger partial charge on any atom is 0.265 e. The van der Waals surface area contributed by atoms with Crippen LogP contribution in [-0.2, 0) is 21.1 Å². The van der Waals surface area contributed by atoms with Crippen molar-refractivity contribution in [3.8, 4) is 11.5 Å². The van der Waals surface area contributed by atoms with Crippen molar-refractivity contribution in [2.75, 3.05) is 13.7 Å². The van der Waals surface area contributed by atoms with Crippen LogP contribution in [0.2, 0.25) is 0 Å². The van der Waals surface area contributed by atoms with Crippen LogP contribution in [0.25, 0.3) is 0 Å². The predicted molar refractivity (Wildman–Crippen MR) is 133 cm³/mol. The third kappa shape index (κ3) is 8.00. The van der Waals surface area contributed by atoms with Crippen molar-refractivity contribution in [3.63, 3.8) is 0 Å². The number of benzene rings is 2. The Balaban J connectivity index is 0.000000718. The zero-order chi connectivity index (χ0) is 25.9. The first-order valence-corrected chi connectivity index (χ1v) is 12.7. The highest BCUT2D eigenvalue weighted by molar-refractivity contribution is 7.93. The molecule has 1 atom stereocenters. The van der Waals surface area contributed by atoms with Gasteiger partial charge in [0.15, 0.2) is 14.6 Å². The first-order valence-electron chi connectivity index (χ1n) is 11.2. The molecule has 34 heavy (non-hydrogen) atoms. The van der Waals surface area contributed by atoms with Crippen LogP contribution in [0.1, 0.15) is 47.1 Å². The van der Waals surface area contributed by atoms with E-state index in [1.807, 2.05) is 6.92 Å². The normalized spacial score (nSPS) is 13.0. The van der Waals surface area contributed by atoms with Crippen LogP contribution in [0, 0.1) is 0 Å². The maximum atomic E-state index is 13.2. The van der Waals surface area contributed by atoms with Crippen LogP contribution in [0.3, 0.4) is 0 Å². The van der Waals surface area contributed by atoms with E-state index in [-0.39, 0.29) is 11.3 Å². The molecule has 1 amide bonds. The monoisotopic (exact) mass is 494 g/mol. The standard InChI is InChI=1S/C19H23NO6S.C6H15N/c1-4-26-16-7-5-14(6-8-16)13-19(2,18(21)20-22)27(23,24)17-11-9-15(25-3)10-12-17;1-5(2)7-6(3)4/h5-12,22H,4,13H2,1-3H3,(H,20,21);5-7H,1-4H3. The average Bonchev–Trinajstić information content (AvgIpc) is 2.79. The Morgan fingerprint density at radius 2 is 1.47 bits per heavy atom. The minimum Gasteiger partial charge on any atom is -0.497 e. The zero-order valence-electron chi connectivity index (χ0n) is 21.1. The summed E-state index contributed by atoms with van der Waals surface area (Å²) in [6.45, 7) is 12.3. The summed E-state index contributed by atoms with van der Waals surface area (Å²) in [5.74, 6) is 0.133. The highest BCUT2D eigenvalue weighted by Gasteiger charge is 2.47. The number of hydrogen-bond acceptors (Lipinski definition) is 7. The molecule has 0 aliphatic carbocycles. The molecule has 2 rings (SSSR count). The Hall–Kier alpha value is -2.62. The highest BCUT2D eigenvalue weighted by Crippen LogP contribution is 2.31. The number of sulfone groups is 1. The number of carbonyl (C=O) groups is 1. The van der Waals surface area contributed by atoms with Crippen LogP contribution in [0.15, 0.2) is 53.4 Å². The van der Waals surface area contributed by atoms with Gasteiger partial charge in [-0.25, -0.2) is 13.9 Å². The zero-order valence-corrected chi connectivity index (χ0v) is 21.9. The number of methoxy groups -OCH3 is 1. The van der Waals surface area contributed by atoms with E-state index < -0.39 is 20.5 Å². The largest absolute Gasteiger partial charge is 0.497 e. The molecule has 2 aromatic rings. The van der Waals surface area contributed by atoms with Gasteiger partial charge in [-0.1, -0.05) is 39.8 Å².